The largest absolute Gasteiger partial charge is 0.372 e. The number of nitrogens with zero attached hydrogens (tertiary/aromatic N) is 1. The van der Waals surface area contributed by atoms with Gasteiger partial charge in [-0.05, 0) is 37.0 Å². The first-order chi connectivity index (χ1) is 11.2. The highest BCUT2D eigenvalue weighted by Crippen LogP contribution is 2.19. The number of piperidine rings is 1. The molecule has 1 amide bonds. The van der Waals surface area contributed by atoms with Gasteiger partial charge in [0.05, 0.1) is 12.7 Å². The predicted octanol–water partition coefficient (Wildman–Crippen LogP) is 3.82. The lowest BCUT2D eigenvalue weighted by molar-refractivity contribution is -0.00674. The van der Waals surface area contributed by atoms with Gasteiger partial charge in [-0.25, -0.2) is 0 Å². The SMILES string of the molecule is Cc1ccccc1C(=O)N1CCCC(OCc2ccccc2)C1. The monoisotopic (exact) mass is 309 g/mol. The Morgan fingerprint density at radius 3 is 2.65 bits per heavy atom. The second kappa shape index (κ2) is 7.42. The second-order valence-corrected chi connectivity index (χ2v) is 6.13. The van der Waals surface area contributed by atoms with Crippen LogP contribution in [0.15, 0.2) is 54.6 Å². The number of carbonyl (C=O) groups excluding carboxylic acids is 1. The Bertz CT molecular complexity index is 654. The minimum atomic E-state index is 0.121. The molecule has 3 heteroatoms. The summed E-state index contributed by atoms with van der Waals surface area (Å²) < 4.78 is 6.02. The molecule has 1 saturated heterocycles. The zero-order valence-electron chi connectivity index (χ0n) is 13.6. The highest BCUT2D eigenvalue weighted by atomic mass is 16.5. The van der Waals surface area contributed by atoms with E-state index in [1.54, 1.807) is 0 Å². The Morgan fingerprint density at radius 2 is 1.87 bits per heavy atom. The Morgan fingerprint density at radius 1 is 1.13 bits per heavy atom. The fourth-order valence-corrected chi connectivity index (χ4v) is 3.03. The molecular formula is C20H23NO2. The van der Waals surface area contributed by atoms with Crippen LogP contribution in [-0.2, 0) is 11.3 Å². The van der Waals surface area contributed by atoms with Gasteiger partial charge in [-0.2, -0.15) is 0 Å². The van der Waals surface area contributed by atoms with Gasteiger partial charge in [0.2, 0.25) is 0 Å². The van der Waals surface area contributed by atoms with Crippen LogP contribution in [0.4, 0.5) is 0 Å². The molecule has 1 fully saturated rings. The van der Waals surface area contributed by atoms with Crippen molar-refractivity contribution in [2.75, 3.05) is 13.1 Å². The summed E-state index contributed by atoms with van der Waals surface area (Å²) in [4.78, 5) is 14.6. The number of hydrogen-bond acceptors (Lipinski definition) is 2. The third-order valence-electron chi connectivity index (χ3n) is 4.37. The standard InChI is InChI=1S/C20H23NO2/c1-16-8-5-6-12-19(16)20(22)21-13-7-11-18(14-21)23-15-17-9-3-2-4-10-17/h2-6,8-10,12,18H,7,11,13-15H2,1H3. The number of hydrogen-bond donors (Lipinski definition) is 0. The van der Waals surface area contributed by atoms with Crippen molar-refractivity contribution < 1.29 is 9.53 Å². The van der Waals surface area contributed by atoms with Gasteiger partial charge < -0.3 is 9.64 Å². The van der Waals surface area contributed by atoms with Crippen LogP contribution in [0.2, 0.25) is 0 Å². The Balaban J connectivity index is 1.60. The van der Waals surface area contributed by atoms with E-state index in [1.807, 2.05) is 54.3 Å². The molecule has 1 atom stereocenters. The molecule has 1 aliphatic rings. The van der Waals surface area contributed by atoms with E-state index in [0.29, 0.717) is 13.2 Å². The third-order valence-corrected chi connectivity index (χ3v) is 4.37. The van der Waals surface area contributed by atoms with E-state index < -0.39 is 0 Å². The zero-order valence-corrected chi connectivity index (χ0v) is 13.6. The molecule has 23 heavy (non-hydrogen) atoms. The van der Waals surface area contributed by atoms with Crippen LogP contribution in [0.3, 0.4) is 0 Å². The molecule has 1 heterocycles. The maximum Gasteiger partial charge on any atom is 0.254 e. The number of carbonyl (C=O) groups is 1. The van der Waals surface area contributed by atoms with Crippen LogP contribution in [-0.4, -0.2) is 30.0 Å². The summed E-state index contributed by atoms with van der Waals surface area (Å²) in [5.74, 6) is 0.121. The highest BCUT2D eigenvalue weighted by molar-refractivity contribution is 5.95. The number of aryl methyl sites for hydroxylation is 1. The summed E-state index contributed by atoms with van der Waals surface area (Å²) in [5.41, 5.74) is 3.01. The minimum Gasteiger partial charge on any atom is -0.372 e. The summed E-state index contributed by atoms with van der Waals surface area (Å²) in [7, 11) is 0. The van der Waals surface area contributed by atoms with Crippen molar-refractivity contribution in [2.45, 2.75) is 32.5 Å². The molecule has 2 aromatic rings. The van der Waals surface area contributed by atoms with Gasteiger partial charge in [-0.15, -0.1) is 0 Å². The molecule has 1 unspecified atom stereocenters. The number of amides is 1. The summed E-state index contributed by atoms with van der Waals surface area (Å²) in [5, 5.41) is 0. The fourth-order valence-electron chi connectivity index (χ4n) is 3.03. The molecular weight excluding hydrogens is 286 g/mol. The first-order valence-corrected chi connectivity index (χ1v) is 8.24. The summed E-state index contributed by atoms with van der Waals surface area (Å²) in [6.07, 6.45) is 2.14. The van der Waals surface area contributed by atoms with Crippen molar-refractivity contribution in [3.8, 4) is 0 Å². The van der Waals surface area contributed by atoms with Crippen molar-refractivity contribution in [1.29, 1.82) is 0 Å². The van der Waals surface area contributed by atoms with Gasteiger partial charge in [-0.3, -0.25) is 4.79 Å². The average molecular weight is 309 g/mol. The van der Waals surface area contributed by atoms with Crippen LogP contribution < -0.4 is 0 Å². The van der Waals surface area contributed by atoms with Gasteiger partial charge in [0.1, 0.15) is 0 Å². The van der Waals surface area contributed by atoms with Gasteiger partial charge in [0.25, 0.3) is 5.91 Å². The van der Waals surface area contributed by atoms with Gasteiger partial charge in [-0.1, -0.05) is 48.5 Å². The maximum absolute atomic E-state index is 12.7. The Kier molecular flexibility index (Phi) is 5.09. The number of likely N-dealkylation sites (tertiary alicyclic amines) is 1. The Hall–Kier alpha value is -2.13. The van der Waals surface area contributed by atoms with Crippen LogP contribution in [0, 0.1) is 6.92 Å². The van der Waals surface area contributed by atoms with E-state index in [0.717, 1.165) is 30.5 Å². The molecule has 120 valence electrons. The summed E-state index contributed by atoms with van der Waals surface area (Å²) in [6.45, 7) is 4.09. The third kappa shape index (κ3) is 3.99. The topological polar surface area (TPSA) is 29.5 Å². The van der Waals surface area contributed by atoms with Gasteiger partial charge >= 0.3 is 0 Å². The molecule has 0 spiro atoms. The van der Waals surface area contributed by atoms with Crippen LogP contribution in [0.5, 0.6) is 0 Å². The average Bonchev–Trinajstić information content (AvgIpc) is 2.61. The smallest absolute Gasteiger partial charge is 0.254 e. The number of ether oxygens (including phenoxy) is 1. The number of benzene rings is 2. The molecule has 0 bridgehead atoms. The number of rotatable bonds is 4. The van der Waals surface area contributed by atoms with Crippen LogP contribution in [0.25, 0.3) is 0 Å². The van der Waals surface area contributed by atoms with Crippen molar-refractivity contribution in [1.82, 2.24) is 4.90 Å². The van der Waals surface area contributed by atoms with E-state index >= 15 is 0 Å². The molecule has 2 aromatic carbocycles. The zero-order chi connectivity index (χ0) is 16.1. The Labute approximate surface area is 137 Å². The molecule has 0 radical (unpaired) electrons. The summed E-state index contributed by atoms with van der Waals surface area (Å²) in [6, 6.07) is 18.0. The maximum atomic E-state index is 12.7. The van der Waals surface area contributed by atoms with Crippen molar-refractivity contribution >= 4 is 5.91 Å². The van der Waals surface area contributed by atoms with E-state index in [-0.39, 0.29) is 12.0 Å². The minimum absolute atomic E-state index is 0.121. The summed E-state index contributed by atoms with van der Waals surface area (Å²) >= 11 is 0. The van der Waals surface area contributed by atoms with E-state index in [2.05, 4.69) is 12.1 Å². The fraction of sp³-hybridized carbons (Fsp3) is 0.350. The predicted molar refractivity (Wildman–Crippen MR) is 91.3 cm³/mol. The molecule has 3 nitrogen and oxygen atoms in total. The highest BCUT2D eigenvalue weighted by Gasteiger charge is 2.25. The van der Waals surface area contributed by atoms with Crippen molar-refractivity contribution in [3.63, 3.8) is 0 Å². The van der Waals surface area contributed by atoms with Crippen LogP contribution in [0.1, 0.15) is 34.3 Å². The molecule has 3 rings (SSSR count). The van der Waals surface area contributed by atoms with E-state index in [4.69, 9.17) is 4.74 Å². The molecule has 0 aromatic heterocycles. The van der Waals surface area contributed by atoms with Crippen molar-refractivity contribution in [2.24, 2.45) is 0 Å². The molecule has 0 aliphatic carbocycles. The van der Waals surface area contributed by atoms with Gasteiger partial charge in [0, 0.05) is 18.7 Å². The van der Waals surface area contributed by atoms with E-state index in [1.165, 1.54) is 5.56 Å². The lowest BCUT2D eigenvalue weighted by Crippen LogP contribution is -2.43. The normalized spacial score (nSPS) is 18.0. The van der Waals surface area contributed by atoms with Gasteiger partial charge in [0.15, 0.2) is 0 Å². The second-order valence-electron chi connectivity index (χ2n) is 6.13. The first kappa shape index (κ1) is 15.8. The first-order valence-electron chi connectivity index (χ1n) is 8.24. The quantitative estimate of drug-likeness (QED) is 0.859. The molecule has 1 aliphatic heterocycles. The lowest BCUT2D eigenvalue weighted by Gasteiger charge is -2.33. The van der Waals surface area contributed by atoms with E-state index in [9.17, 15) is 4.79 Å². The lowest BCUT2D eigenvalue weighted by atomic mass is 10.0. The molecule has 0 saturated carbocycles. The van der Waals surface area contributed by atoms with Crippen LogP contribution >= 0.6 is 0 Å². The van der Waals surface area contributed by atoms with Crippen molar-refractivity contribution in [3.05, 3.63) is 71.3 Å². The molecule has 0 N–H and O–H groups in total.